The summed E-state index contributed by atoms with van der Waals surface area (Å²) in [6.45, 7) is 11.2. The molecule has 5 nitrogen and oxygen atoms in total. The topological polar surface area (TPSA) is 56.5 Å². The van der Waals surface area contributed by atoms with Crippen LogP contribution >= 0.6 is 0 Å². The first-order chi connectivity index (χ1) is 25.4. The van der Waals surface area contributed by atoms with E-state index in [-0.39, 0.29) is 31.2 Å². The van der Waals surface area contributed by atoms with Crippen LogP contribution in [-0.4, -0.2) is 32.4 Å². The lowest BCUT2D eigenvalue weighted by Crippen LogP contribution is -2.50. The normalized spacial score (nSPS) is 11.4. The number of hydrogen-bond acceptors (Lipinski definition) is 4. The molecule has 0 spiro atoms. The minimum absolute atomic E-state index is 0.149. The molecule has 0 N–H and O–H groups in total. The van der Waals surface area contributed by atoms with Crippen molar-refractivity contribution in [2.75, 3.05) is 13.2 Å². The molecule has 1 aromatic heterocycles. The van der Waals surface area contributed by atoms with Crippen molar-refractivity contribution >= 4 is 19.2 Å². The third-order valence-electron chi connectivity index (χ3n) is 9.84. The number of aryl methyl sites for hydroxylation is 3. The van der Waals surface area contributed by atoms with Gasteiger partial charge in [0.1, 0.15) is 0 Å². The zero-order valence-electron chi connectivity index (χ0n) is 34.6. The number of esters is 2. The van der Waals surface area contributed by atoms with E-state index in [9.17, 15) is 26.9 Å². The molecule has 0 amide bonds. The van der Waals surface area contributed by atoms with E-state index in [0.717, 1.165) is 37.1 Å². The highest BCUT2D eigenvalue weighted by Gasteiger charge is 2.27. The van der Waals surface area contributed by atoms with Crippen LogP contribution in [0, 0.1) is 20.8 Å². The van der Waals surface area contributed by atoms with Crippen LogP contribution in [0.5, 0.6) is 0 Å². The van der Waals surface area contributed by atoms with Gasteiger partial charge in [-0.1, -0.05) is 168 Å². The maximum atomic E-state index is 12.7. The van der Waals surface area contributed by atoms with Crippen LogP contribution in [0.15, 0.2) is 12.1 Å². The molecule has 1 rings (SSSR count). The number of rotatable bonds is 33. The lowest BCUT2D eigenvalue weighted by molar-refractivity contribution is -0.736. The van der Waals surface area contributed by atoms with E-state index in [2.05, 4.69) is 51.3 Å². The second-order valence-electron chi connectivity index (χ2n) is 15.2. The Labute approximate surface area is 322 Å². The maximum Gasteiger partial charge on any atom is 0.673 e. The maximum absolute atomic E-state index is 12.7. The highest BCUT2D eigenvalue weighted by atomic mass is 19.5. The van der Waals surface area contributed by atoms with Crippen molar-refractivity contribution in [2.24, 2.45) is 0 Å². The molecule has 310 valence electrons. The monoisotopic (exact) mass is 760 g/mol. The Morgan fingerprint density at radius 2 is 0.755 bits per heavy atom. The van der Waals surface area contributed by atoms with Crippen LogP contribution in [0.2, 0.25) is 0 Å². The Balaban J connectivity index is 0.00000504. The van der Waals surface area contributed by atoms with Crippen LogP contribution in [0.4, 0.5) is 17.3 Å². The summed E-state index contributed by atoms with van der Waals surface area (Å²) in [5, 5.41) is 0. The number of ether oxygens (including phenoxy) is 2. The molecule has 0 radical (unpaired) electrons. The zero-order chi connectivity index (χ0) is 39.6. The molecule has 0 aromatic carbocycles. The van der Waals surface area contributed by atoms with Gasteiger partial charge in [-0.15, -0.1) is 0 Å². The van der Waals surface area contributed by atoms with Crippen molar-refractivity contribution in [2.45, 2.75) is 220 Å². The van der Waals surface area contributed by atoms with Crippen molar-refractivity contribution < 1.29 is 40.9 Å². The number of aromatic nitrogens is 1. The molecule has 0 aliphatic heterocycles. The summed E-state index contributed by atoms with van der Waals surface area (Å²) in [4.78, 5) is 25.3. The summed E-state index contributed by atoms with van der Waals surface area (Å²) >= 11 is 0. The molecule has 1 heterocycles. The number of carbonyl (C=O) groups is 2. The molecule has 0 aliphatic carbocycles. The van der Waals surface area contributed by atoms with E-state index in [1.54, 1.807) is 0 Å². The highest BCUT2D eigenvalue weighted by Crippen LogP contribution is 2.16. The van der Waals surface area contributed by atoms with Crippen LogP contribution < -0.4 is 4.57 Å². The van der Waals surface area contributed by atoms with Gasteiger partial charge in [0.15, 0.2) is 24.6 Å². The number of nitrogens with zero attached hydrogens (tertiary/aromatic N) is 1. The molecule has 0 saturated heterocycles. The van der Waals surface area contributed by atoms with E-state index in [0.29, 0.717) is 12.8 Å². The molecule has 0 saturated carbocycles. The summed E-state index contributed by atoms with van der Waals surface area (Å²) in [6, 6.07) is 4.03. The number of unbranched alkanes of at least 4 members (excludes halogenated alkanes) is 24. The largest absolute Gasteiger partial charge is 0.673 e. The highest BCUT2D eigenvalue weighted by molar-refractivity contribution is 6.50. The second kappa shape index (κ2) is 34.4. The van der Waals surface area contributed by atoms with Gasteiger partial charge in [-0.25, -0.2) is 0 Å². The Hall–Kier alpha value is -2.13. The zero-order valence-corrected chi connectivity index (χ0v) is 34.6. The van der Waals surface area contributed by atoms with Gasteiger partial charge in [0.25, 0.3) is 0 Å². The van der Waals surface area contributed by atoms with Gasteiger partial charge in [-0.3, -0.25) is 9.59 Å². The lowest BCUT2D eigenvalue weighted by Gasteiger charge is -2.17. The van der Waals surface area contributed by atoms with Gasteiger partial charge in [0, 0.05) is 38.8 Å². The van der Waals surface area contributed by atoms with Crippen molar-refractivity contribution in [3.05, 3.63) is 29.1 Å². The summed E-state index contributed by atoms with van der Waals surface area (Å²) in [5.74, 6) is -0.297. The van der Waals surface area contributed by atoms with E-state index in [1.807, 2.05) is 0 Å². The van der Waals surface area contributed by atoms with E-state index in [4.69, 9.17) is 9.47 Å². The fourth-order valence-corrected chi connectivity index (χ4v) is 6.99. The van der Waals surface area contributed by atoms with Gasteiger partial charge >= 0.3 is 19.2 Å². The average Bonchev–Trinajstić information content (AvgIpc) is 3.08. The minimum Gasteiger partial charge on any atom is -0.458 e. The number of hydrogen-bond donors (Lipinski definition) is 0. The molecule has 10 heteroatoms. The summed E-state index contributed by atoms with van der Waals surface area (Å²) in [6.07, 6.45) is 34.4. The third-order valence-corrected chi connectivity index (χ3v) is 9.84. The smallest absolute Gasteiger partial charge is 0.458 e. The molecule has 0 aliphatic rings. The van der Waals surface area contributed by atoms with Crippen LogP contribution in [-0.2, 0) is 19.1 Å². The lowest BCUT2D eigenvalue weighted by atomic mass is 10.0. The van der Waals surface area contributed by atoms with Gasteiger partial charge in [0.05, 0.1) is 0 Å². The summed E-state index contributed by atoms with van der Waals surface area (Å²) in [5.41, 5.74) is 3.36. The molecular formula is C43H78BF4NO4. The second-order valence-corrected chi connectivity index (χ2v) is 15.2. The van der Waals surface area contributed by atoms with Crippen molar-refractivity contribution in [3.8, 4) is 0 Å². The summed E-state index contributed by atoms with van der Waals surface area (Å²) in [7, 11) is -6.00. The number of pyridine rings is 1. The Kier molecular flexibility index (Phi) is 33.0. The van der Waals surface area contributed by atoms with Gasteiger partial charge in [-0.2, -0.15) is 4.57 Å². The predicted octanol–water partition coefficient (Wildman–Crippen LogP) is 13.8. The van der Waals surface area contributed by atoms with Crippen LogP contribution in [0.1, 0.15) is 217 Å². The number of carbonyl (C=O) groups excluding carboxylic acids is 2. The van der Waals surface area contributed by atoms with Crippen LogP contribution in [0.3, 0.4) is 0 Å². The Morgan fingerprint density at radius 1 is 0.509 bits per heavy atom. The first kappa shape index (κ1) is 50.9. The SMILES string of the molecule is CCCCCCCCCCCCCCCC(=O)OCC(COC(=O)CCCCCCCCCCCCCCC)[n+]1c(C)cc(C)cc1C.F[B-](F)(F)F. The third kappa shape index (κ3) is 34.1. The average molecular weight is 760 g/mol. The first-order valence-corrected chi connectivity index (χ1v) is 21.6. The van der Waals surface area contributed by atoms with Gasteiger partial charge < -0.3 is 26.7 Å². The number of halogens is 4. The fraction of sp³-hybridized carbons (Fsp3) is 0.837. The van der Waals surface area contributed by atoms with Crippen molar-refractivity contribution in [3.63, 3.8) is 0 Å². The van der Waals surface area contributed by atoms with E-state index < -0.39 is 7.25 Å². The standard InChI is InChI=1S/C43H78NO4.BF4/c1-6-8-10-12-14-16-18-20-22-24-26-28-30-32-42(45)47-36-41(44-39(4)34-38(3)35-40(44)5)37-48-43(46)33-31-29-27-25-23-21-19-17-15-13-11-9-7-2;2-1(3,4)5/h34-35,41H,6-33,36-37H2,1-5H3;/q+1;-1. The molecule has 0 bridgehead atoms. The molecule has 53 heavy (non-hydrogen) atoms. The Bertz CT molecular complexity index is 965. The van der Waals surface area contributed by atoms with Crippen LogP contribution in [0.25, 0.3) is 0 Å². The molecule has 1 aromatic rings. The van der Waals surface area contributed by atoms with Gasteiger partial charge in [0.2, 0.25) is 6.04 Å². The molecule has 0 fully saturated rings. The fourth-order valence-electron chi connectivity index (χ4n) is 6.99. The molecule has 0 atom stereocenters. The predicted molar refractivity (Wildman–Crippen MR) is 213 cm³/mol. The summed E-state index contributed by atoms with van der Waals surface area (Å²) < 4.78 is 52.7. The van der Waals surface area contributed by atoms with Crippen molar-refractivity contribution in [1.82, 2.24) is 0 Å². The van der Waals surface area contributed by atoms with Crippen molar-refractivity contribution in [1.29, 1.82) is 0 Å². The first-order valence-electron chi connectivity index (χ1n) is 21.6. The quantitative estimate of drug-likeness (QED) is 0.0235. The van der Waals surface area contributed by atoms with E-state index in [1.165, 1.54) is 147 Å². The van der Waals surface area contributed by atoms with E-state index >= 15 is 0 Å². The molecule has 0 unspecified atom stereocenters. The minimum atomic E-state index is -6.00. The Morgan fingerprint density at radius 3 is 1.02 bits per heavy atom. The molecular weight excluding hydrogens is 681 g/mol. The van der Waals surface area contributed by atoms with Gasteiger partial charge in [-0.05, 0) is 25.3 Å².